The highest BCUT2D eigenvalue weighted by Gasteiger charge is 2.23. The number of rotatable bonds is 7. The van der Waals surface area contributed by atoms with Crippen LogP contribution in [-0.2, 0) is 4.79 Å². The number of halogens is 2. The van der Waals surface area contributed by atoms with Crippen LogP contribution in [0.3, 0.4) is 0 Å². The van der Waals surface area contributed by atoms with E-state index in [1.54, 1.807) is 30.3 Å². The van der Waals surface area contributed by atoms with E-state index in [1.165, 1.54) is 0 Å². The molecule has 2 aromatic rings. The van der Waals surface area contributed by atoms with Crippen LogP contribution in [0.25, 0.3) is 0 Å². The Morgan fingerprint density at radius 2 is 1.88 bits per heavy atom. The van der Waals surface area contributed by atoms with Crippen molar-refractivity contribution >= 4 is 58.0 Å². The Hall–Kier alpha value is -2.35. The molecule has 0 unspecified atom stereocenters. The number of benzene rings is 2. The Balaban J connectivity index is 1.46. The molecule has 1 aliphatic heterocycles. The lowest BCUT2D eigenvalue weighted by atomic mass is 9.98. The first-order chi connectivity index (χ1) is 15.8. The molecule has 0 aliphatic carbocycles. The highest BCUT2D eigenvalue weighted by Crippen LogP contribution is 2.27. The molecule has 0 aromatic heterocycles. The van der Waals surface area contributed by atoms with Crippen LogP contribution in [0, 0.1) is 5.92 Å². The van der Waals surface area contributed by atoms with Crippen molar-refractivity contribution in [2.75, 3.05) is 25.0 Å². The Bertz CT molecular complexity index is 1010. The van der Waals surface area contributed by atoms with E-state index < -0.39 is 0 Å². The summed E-state index contributed by atoms with van der Waals surface area (Å²) in [6.07, 6.45) is 2.71. The molecule has 9 heteroatoms. The summed E-state index contributed by atoms with van der Waals surface area (Å²) in [5, 5.41) is 6.74. The zero-order valence-corrected chi connectivity index (χ0v) is 20.7. The van der Waals surface area contributed by atoms with E-state index in [9.17, 15) is 9.59 Å². The summed E-state index contributed by atoms with van der Waals surface area (Å²) < 4.78 is 5.59. The van der Waals surface area contributed by atoms with E-state index in [4.69, 9.17) is 40.2 Å². The van der Waals surface area contributed by atoms with Gasteiger partial charge in [-0.25, -0.2) is 0 Å². The van der Waals surface area contributed by atoms with Crippen LogP contribution >= 0.6 is 35.4 Å². The van der Waals surface area contributed by atoms with Crippen LogP contribution in [0.4, 0.5) is 5.69 Å². The van der Waals surface area contributed by atoms with Crippen LogP contribution in [0.1, 0.15) is 43.0 Å². The number of carbonyl (C=O) groups excluding carboxylic acids is 2. The molecule has 0 saturated carbocycles. The maximum Gasteiger partial charge on any atom is 0.255 e. The highest BCUT2D eigenvalue weighted by atomic mass is 35.5. The summed E-state index contributed by atoms with van der Waals surface area (Å²) >= 11 is 17.2. The third-order valence-electron chi connectivity index (χ3n) is 5.43. The number of para-hydroxylation sites is 1. The first kappa shape index (κ1) is 25.3. The van der Waals surface area contributed by atoms with Crippen LogP contribution in [0.5, 0.6) is 5.75 Å². The number of hydrogen-bond donors (Lipinski definition) is 2. The maximum atomic E-state index is 13.0. The Labute approximate surface area is 209 Å². The van der Waals surface area contributed by atoms with Gasteiger partial charge in [0, 0.05) is 24.5 Å². The van der Waals surface area contributed by atoms with Crippen molar-refractivity contribution in [2.45, 2.75) is 32.6 Å². The van der Waals surface area contributed by atoms with Gasteiger partial charge in [0.2, 0.25) is 5.91 Å². The predicted octanol–water partition coefficient (Wildman–Crippen LogP) is 5.54. The van der Waals surface area contributed by atoms with E-state index in [2.05, 4.69) is 17.6 Å². The molecular weight excluding hydrogens is 481 g/mol. The summed E-state index contributed by atoms with van der Waals surface area (Å²) in [6, 6.07) is 12.2. The number of amides is 2. The number of ether oxygens (including phenoxy) is 1. The molecule has 2 N–H and O–H groups in total. The standard InChI is InChI=1S/C24H27Cl2N3O3S/c1-16-10-12-29(13-11-16)23(31)18-5-2-3-6-20(18)27-24(33)28-22(30)7-4-14-32-21-9-8-17(25)15-19(21)26/h2-3,5-6,8-9,15-16H,4,7,10-14H2,1H3,(H2,27,28,30,33). The van der Waals surface area contributed by atoms with Gasteiger partial charge in [-0.2, -0.15) is 0 Å². The van der Waals surface area contributed by atoms with Gasteiger partial charge >= 0.3 is 0 Å². The number of hydrogen-bond acceptors (Lipinski definition) is 4. The average Bonchev–Trinajstić information content (AvgIpc) is 2.78. The predicted molar refractivity (Wildman–Crippen MR) is 136 cm³/mol. The highest BCUT2D eigenvalue weighted by molar-refractivity contribution is 7.80. The fraction of sp³-hybridized carbons (Fsp3) is 0.375. The Morgan fingerprint density at radius 3 is 2.61 bits per heavy atom. The SMILES string of the molecule is CC1CCN(C(=O)c2ccccc2NC(=S)NC(=O)CCCOc2ccc(Cl)cc2Cl)CC1. The van der Waals surface area contributed by atoms with Crippen molar-refractivity contribution in [1.29, 1.82) is 0 Å². The normalized spacial score (nSPS) is 14.0. The zero-order valence-electron chi connectivity index (χ0n) is 18.4. The van der Waals surface area contributed by atoms with Crippen molar-refractivity contribution in [3.63, 3.8) is 0 Å². The van der Waals surface area contributed by atoms with Crippen LogP contribution < -0.4 is 15.4 Å². The molecule has 0 radical (unpaired) electrons. The van der Waals surface area contributed by atoms with Gasteiger partial charge in [-0.05, 0) is 67.7 Å². The lowest BCUT2D eigenvalue weighted by Crippen LogP contribution is -2.39. The molecule has 3 rings (SSSR count). The van der Waals surface area contributed by atoms with E-state index in [-0.39, 0.29) is 23.3 Å². The number of likely N-dealkylation sites (tertiary alicyclic amines) is 1. The third-order valence-corrected chi connectivity index (χ3v) is 6.16. The first-order valence-corrected chi connectivity index (χ1v) is 12.1. The average molecular weight is 508 g/mol. The molecule has 0 spiro atoms. The van der Waals surface area contributed by atoms with Gasteiger partial charge in [-0.15, -0.1) is 0 Å². The molecular formula is C24H27Cl2N3O3S. The number of anilines is 1. The second-order valence-corrected chi connectivity index (χ2v) is 9.30. The lowest BCUT2D eigenvalue weighted by Gasteiger charge is -2.30. The van der Waals surface area contributed by atoms with E-state index in [0.29, 0.717) is 46.0 Å². The van der Waals surface area contributed by atoms with E-state index >= 15 is 0 Å². The number of nitrogens with zero attached hydrogens (tertiary/aromatic N) is 1. The number of carbonyl (C=O) groups is 2. The fourth-order valence-corrected chi connectivity index (χ4v) is 4.20. The molecule has 1 heterocycles. The third kappa shape index (κ3) is 7.59. The van der Waals surface area contributed by atoms with Crippen molar-refractivity contribution in [3.05, 3.63) is 58.1 Å². The minimum absolute atomic E-state index is 0.0304. The lowest BCUT2D eigenvalue weighted by molar-refractivity contribution is -0.119. The Morgan fingerprint density at radius 1 is 1.15 bits per heavy atom. The second-order valence-electron chi connectivity index (χ2n) is 8.05. The molecule has 0 atom stereocenters. The summed E-state index contributed by atoms with van der Waals surface area (Å²) in [5.41, 5.74) is 1.11. The van der Waals surface area contributed by atoms with Gasteiger partial charge < -0.3 is 20.3 Å². The van der Waals surface area contributed by atoms with E-state index in [1.807, 2.05) is 17.0 Å². The van der Waals surface area contributed by atoms with Crippen molar-refractivity contribution in [3.8, 4) is 5.75 Å². The molecule has 1 fully saturated rings. The Kier molecular flexibility index (Phi) is 9.35. The van der Waals surface area contributed by atoms with Crippen molar-refractivity contribution in [2.24, 2.45) is 5.92 Å². The van der Waals surface area contributed by atoms with Gasteiger partial charge in [0.25, 0.3) is 5.91 Å². The molecule has 0 bridgehead atoms. The summed E-state index contributed by atoms with van der Waals surface area (Å²) in [4.78, 5) is 27.1. The monoisotopic (exact) mass is 507 g/mol. The topological polar surface area (TPSA) is 70.7 Å². The summed E-state index contributed by atoms with van der Waals surface area (Å²) in [5.74, 6) is 0.881. The molecule has 1 aliphatic rings. The van der Waals surface area contributed by atoms with Crippen molar-refractivity contribution in [1.82, 2.24) is 10.2 Å². The zero-order chi connectivity index (χ0) is 23.8. The second kappa shape index (κ2) is 12.2. The van der Waals surface area contributed by atoms with Gasteiger partial charge in [0.1, 0.15) is 5.75 Å². The fourth-order valence-electron chi connectivity index (χ4n) is 3.51. The minimum Gasteiger partial charge on any atom is -0.492 e. The van der Waals surface area contributed by atoms with Gasteiger partial charge in [-0.1, -0.05) is 42.3 Å². The molecule has 6 nitrogen and oxygen atoms in total. The van der Waals surface area contributed by atoms with Crippen molar-refractivity contribution < 1.29 is 14.3 Å². The number of piperidine rings is 1. The molecule has 1 saturated heterocycles. The largest absolute Gasteiger partial charge is 0.492 e. The first-order valence-electron chi connectivity index (χ1n) is 10.9. The smallest absolute Gasteiger partial charge is 0.255 e. The number of nitrogens with one attached hydrogen (secondary N) is 2. The van der Waals surface area contributed by atoms with Gasteiger partial charge in [0.05, 0.1) is 22.9 Å². The van der Waals surface area contributed by atoms with E-state index in [0.717, 1.165) is 25.9 Å². The molecule has 33 heavy (non-hydrogen) atoms. The van der Waals surface area contributed by atoms with Crippen LogP contribution in [0.15, 0.2) is 42.5 Å². The molecule has 2 aromatic carbocycles. The van der Waals surface area contributed by atoms with Gasteiger partial charge in [0.15, 0.2) is 5.11 Å². The maximum absolute atomic E-state index is 13.0. The number of thiocarbonyl (C=S) groups is 1. The molecule has 176 valence electrons. The minimum atomic E-state index is -0.243. The quantitative estimate of drug-likeness (QED) is 0.380. The molecule has 2 amide bonds. The van der Waals surface area contributed by atoms with Crippen LogP contribution in [-0.4, -0.2) is 41.5 Å². The van der Waals surface area contributed by atoms with Crippen LogP contribution in [0.2, 0.25) is 10.0 Å². The summed E-state index contributed by atoms with van der Waals surface area (Å²) in [6.45, 7) is 4.02. The van der Waals surface area contributed by atoms with Gasteiger partial charge in [-0.3, -0.25) is 9.59 Å². The summed E-state index contributed by atoms with van der Waals surface area (Å²) in [7, 11) is 0.